The Labute approximate surface area is 99.9 Å². The van der Waals surface area contributed by atoms with Crippen LogP contribution < -0.4 is 5.32 Å². The van der Waals surface area contributed by atoms with Crippen LogP contribution >= 0.6 is 0 Å². The molecule has 1 unspecified atom stereocenters. The summed E-state index contributed by atoms with van der Waals surface area (Å²) in [6, 6.07) is 0.575. The van der Waals surface area contributed by atoms with Crippen molar-refractivity contribution in [3.8, 4) is 0 Å². The highest BCUT2D eigenvalue weighted by atomic mass is 16.5. The van der Waals surface area contributed by atoms with Crippen molar-refractivity contribution in [1.29, 1.82) is 0 Å². The zero-order valence-corrected chi connectivity index (χ0v) is 11.2. The molecule has 1 rings (SSSR count). The third-order valence-corrected chi connectivity index (χ3v) is 2.90. The van der Waals surface area contributed by atoms with E-state index in [1.807, 2.05) is 0 Å². The molecule has 4 nitrogen and oxygen atoms in total. The number of hydrogen-bond acceptors (Lipinski definition) is 4. The van der Waals surface area contributed by atoms with E-state index in [4.69, 9.17) is 4.74 Å². The minimum atomic E-state index is 0.378. The van der Waals surface area contributed by atoms with E-state index >= 15 is 0 Å². The normalized spacial score (nSPS) is 23.2. The van der Waals surface area contributed by atoms with Gasteiger partial charge >= 0.3 is 0 Å². The number of nitrogens with zero attached hydrogens (tertiary/aromatic N) is 2. The van der Waals surface area contributed by atoms with Crippen molar-refractivity contribution in [2.24, 2.45) is 0 Å². The summed E-state index contributed by atoms with van der Waals surface area (Å²) in [5.74, 6) is 0. The first-order valence-corrected chi connectivity index (χ1v) is 6.30. The summed E-state index contributed by atoms with van der Waals surface area (Å²) in [5.41, 5.74) is 0. The van der Waals surface area contributed by atoms with Crippen LogP contribution in [0.15, 0.2) is 0 Å². The topological polar surface area (TPSA) is 27.7 Å². The monoisotopic (exact) mass is 229 g/mol. The molecule has 4 heteroatoms. The van der Waals surface area contributed by atoms with Crippen LogP contribution in [0.4, 0.5) is 0 Å². The Kier molecular flexibility index (Phi) is 6.28. The van der Waals surface area contributed by atoms with Gasteiger partial charge in [-0.15, -0.1) is 0 Å². The fourth-order valence-corrected chi connectivity index (χ4v) is 1.96. The molecule has 0 aliphatic carbocycles. The van der Waals surface area contributed by atoms with Gasteiger partial charge in [0.1, 0.15) is 0 Å². The van der Waals surface area contributed by atoms with Gasteiger partial charge < -0.3 is 19.9 Å². The highest BCUT2D eigenvalue weighted by Gasteiger charge is 2.18. The molecule has 1 atom stereocenters. The molecule has 0 aromatic carbocycles. The van der Waals surface area contributed by atoms with Crippen LogP contribution in [0.2, 0.25) is 0 Å². The Morgan fingerprint density at radius 3 is 2.88 bits per heavy atom. The van der Waals surface area contributed by atoms with E-state index in [0.29, 0.717) is 12.1 Å². The predicted octanol–water partition coefficient (Wildman–Crippen LogP) is 0.247. The predicted molar refractivity (Wildman–Crippen MR) is 67.9 cm³/mol. The second-order valence-electron chi connectivity index (χ2n) is 5.13. The van der Waals surface area contributed by atoms with Crippen LogP contribution in [-0.2, 0) is 4.74 Å². The summed E-state index contributed by atoms with van der Waals surface area (Å²) in [5, 5.41) is 3.43. The third-order valence-electron chi connectivity index (χ3n) is 2.90. The van der Waals surface area contributed by atoms with E-state index in [9.17, 15) is 0 Å². The molecule has 0 aromatic heterocycles. The highest BCUT2D eigenvalue weighted by Crippen LogP contribution is 2.03. The maximum Gasteiger partial charge on any atom is 0.0829 e. The van der Waals surface area contributed by atoms with E-state index in [2.05, 4.69) is 43.1 Å². The van der Waals surface area contributed by atoms with Crippen molar-refractivity contribution in [3.63, 3.8) is 0 Å². The van der Waals surface area contributed by atoms with E-state index in [1.54, 1.807) is 0 Å². The average molecular weight is 229 g/mol. The van der Waals surface area contributed by atoms with Gasteiger partial charge in [-0.05, 0) is 14.1 Å². The lowest BCUT2D eigenvalue weighted by Crippen LogP contribution is -2.46. The lowest BCUT2D eigenvalue weighted by atomic mass is 10.2. The van der Waals surface area contributed by atoms with Crippen LogP contribution in [0.3, 0.4) is 0 Å². The van der Waals surface area contributed by atoms with Gasteiger partial charge in [-0.2, -0.15) is 0 Å². The standard InChI is InChI=1S/C12H27N3O/c1-11(2)13-5-6-14(3)9-12-10-15(4)7-8-16-12/h11-13H,5-10H2,1-4H3. The van der Waals surface area contributed by atoms with Crippen molar-refractivity contribution < 1.29 is 4.74 Å². The lowest BCUT2D eigenvalue weighted by Gasteiger charge is -2.32. The van der Waals surface area contributed by atoms with E-state index in [1.165, 1.54) is 0 Å². The molecule has 1 N–H and O–H groups in total. The number of nitrogens with one attached hydrogen (secondary N) is 1. The quantitative estimate of drug-likeness (QED) is 0.706. The molecule has 1 aliphatic rings. The van der Waals surface area contributed by atoms with Crippen molar-refractivity contribution >= 4 is 0 Å². The van der Waals surface area contributed by atoms with Crippen LogP contribution in [0.25, 0.3) is 0 Å². The van der Waals surface area contributed by atoms with Gasteiger partial charge in [0.2, 0.25) is 0 Å². The molecule has 0 amide bonds. The maximum atomic E-state index is 5.74. The van der Waals surface area contributed by atoms with Gasteiger partial charge in [-0.1, -0.05) is 13.8 Å². The summed E-state index contributed by atoms with van der Waals surface area (Å²) in [4.78, 5) is 4.69. The first kappa shape index (κ1) is 13.9. The molecule has 16 heavy (non-hydrogen) atoms. The highest BCUT2D eigenvalue weighted by molar-refractivity contribution is 4.72. The zero-order chi connectivity index (χ0) is 12.0. The molecule has 1 fully saturated rings. The summed E-state index contributed by atoms with van der Waals surface area (Å²) in [6.07, 6.45) is 0.378. The van der Waals surface area contributed by atoms with Crippen LogP contribution in [0.5, 0.6) is 0 Å². The Bertz CT molecular complexity index is 187. The summed E-state index contributed by atoms with van der Waals surface area (Å²) in [6.45, 7) is 10.5. The number of hydrogen-bond donors (Lipinski definition) is 1. The van der Waals surface area contributed by atoms with Crippen LogP contribution in [0, 0.1) is 0 Å². The first-order chi connectivity index (χ1) is 7.58. The van der Waals surface area contributed by atoms with E-state index < -0.39 is 0 Å². The van der Waals surface area contributed by atoms with Gasteiger partial charge in [0.15, 0.2) is 0 Å². The van der Waals surface area contributed by atoms with Crippen molar-refractivity contribution in [1.82, 2.24) is 15.1 Å². The van der Waals surface area contributed by atoms with Gasteiger partial charge in [-0.25, -0.2) is 0 Å². The number of rotatable bonds is 6. The van der Waals surface area contributed by atoms with Crippen molar-refractivity contribution in [2.45, 2.75) is 26.0 Å². The second-order valence-corrected chi connectivity index (χ2v) is 5.13. The number of morpholine rings is 1. The van der Waals surface area contributed by atoms with E-state index in [-0.39, 0.29) is 0 Å². The minimum absolute atomic E-state index is 0.378. The Balaban J connectivity index is 2.10. The molecule has 0 aromatic rings. The van der Waals surface area contributed by atoms with Gasteiger partial charge in [0, 0.05) is 38.8 Å². The van der Waals surface area contributed by atoms with Gasteiger partial charge in [0.05, 0.1) is 12.7 Å². The summed E-state index contributed by atoms with van der Waals surface area (Å²) >= 11 is 0. The Hall–Kier alpha value is -0.160. The van der Waals surface area contributed by atoms with Crippen LogP contribution in [-0.4, -0.2) is 75.4 Å². The molecular formula is C12H27N3O. The molecule has 1 aliphatic heterocycles. The summed E-state index contributed by atoms with van der Waals surface area (Å²) in [7, 11) is 4.33. The molecule has 0 spiro atoms. The van der Waals surface area contributed by atoms with Gasteiger partial charge in [-0.3, -0.25) is 0 Å². The largest absolute Gasteiger partial charge is 0.374 e. The van der Waals surface area contributed by atoms with Gasteiger partial charge in [0.25, 0.3) is 0 Å². The third kappa shape index (κ3) is 5.80. The number of ether oxygens (including phenoxy) is 1. The smallest absolute Gasteiger partial charge is 0.0829 e. The first-order valence-electron chi connectivity index (χ1n) is 6.30. The second kappa shape index (κ2) is 7.22. The van der Waals surface area contributed by atoms with Crippen molar-refractivity contribution in [3.05, 3.63) is 0 Å². The maximum absolute atomic E-state index is 5.74. The van der Waals surface area contributed by atoms with Crippen molar-refractivity contribution in [2.75, 3.05) is 53.4 Å². The molecule has 1 saturated heterocycles. The fraction of sp³-hybridized carbons (Fsp3) is 1.00. The summed E-state index contributed by atoms with van der Waals surface area (Å²) < 4.78 is 5.74. The molecular weight excluding hydrogens is 202 g/mol. The number of likely N-dealkylation sites (N-methyl/N-ethyl adjacent to an activating group) is 2. The van der Waals surface area contributed by atoms with Crippen LogP contribution in [0.1, 0.15) is 13.8 Å². The molecule has 0 bridgehead atoms. The Morgan fingerprint density at radius 2 is 2.25 bits per heavy atom. The lowest BCUT2D eigenvalue weighted by molar-refractivity contribution is -0.0323. The molecule has 1 heterocycles. The zero-order valence-electron chi connectivity index (χ0n) is 11.2. The fourth-order valence-electron chi connectivity index (χ4n) is 1.96. The SMILES string of the molecule is CC(C)NCCN(C)CC1CN(C)CCO1. The molecule has 0 radical (unpaired) electrons. The average Bonchev–Trinajstić information content (AvgIpc) is 2.16. The Morgan fingerprint density at radius 1 is 1.50 bits per heavy atom. The molecule has 0 saturated carbocycles. The minimum Gasteiger partial charge on any atom is -0.374 e. The molecule has 96 valence electrons. The van der Waals surface area contributed by atoms with E-state index in [0.717, 1.165) is 39.3 Å².